The highest BCUT2D eigenvalue weighted by molar-refractivity contribution is 5.89. The van der Waals surface area contributed by atoms with Crippen LogP contribution in [0, 0.1) is 0 Å². The van der Waals surface area contributed by atoms with Gasteiger partial charge in [0.25, 0.3) is 0 Å². The third-order valence-corrected chi connectivity index (χ3v) is 1.96. The zero-order valence-corrected chi connectivity index (χ0v) is 8.76. The monoisotopic (exact) mass is 189 g/mol. The fourth-order valence-corrected chi connectivity index (χ4v) is 1.41. The average Bonchev–Trinajstić information content (AvgIpc) is 2.47. The van der Waals surface area contributed by atoms with Crippen LogP contribution >= 0.6 is 0 Å². The second kappa shape index (κ2) is 3.01. The highest BCUT2D eigenvalue weighted by Crippen LogP contribution is 2.22. The van der Waals surface area contributed by atoms with Crippen LogP contribution in [-0.2, 0) is 0 Å². The van der Waals surface area contributed by atoms with Gasteiger partial charge in [0.05, 0.1) is 5.52 Å². The van der Waals surface area contributed by atoms with Gasteiger partial charge in [0.1, 0.15) is 0 Å². The van der Waals surface area contributed by atoms with E-state index in [9.17, 15) is 0 Å². The van der Waals surface area contributed by atoms with Crippen LogP contribution in [0.25, 0.3) is 10.9 Å². The van der Waals surface area contributed by atoms with Gasteiger partial charge in [-0.1, -0.05) is 12.1 Å². The van der Waals surface area contributed by atoms with Gasteiger partial charge >= 0.3 is 0 Å². The molecule has 3 heteroatoms. The summed E-state index contributed by atoms with van der Waals surface area (Å²) in [5.41, 5.74) is 1.11. The third-order valence-electron chi connectivity index (χ3n) is 1.96. The smallest absolute Gasteiger partial charge is 0.156 e. The summed E-state index contributed by atoms with van der Waals surface area (Å²) in [6.45, 7) is 6.36. The third kappa shape index (κ3) is 1.71. The molecule has 0 spiro atoms. The van der Waals surface area contributed by atoms with Crippen molar-refractivity contribution in [2.24, 2.45) is 0 Å². The number of hydrogen-bond donors (Lipinski definition) is 2. The largest absolute Gasteiger partial charge is 0.363 e. The van der Waals surface area contributed by atoms with E-state index >= 15 is 0 Å². The number of H-pyrrole nitrogens is 1. The topological polar surface area (TPSA) is 40.7 Å². The molecule has 0 saturated heterocycles. The van der Waals surface area contributed by atoms with Crippen molar-refractivity contribution in [2.75, 3.05) is 5.32 Å². The van der Waals surface area contributed by atoms with Gasteiger partial charge in [-0.2, -0.15) is 5.10 Å². The highest BCUT2D eigenvalue weighted by Gasteiger charge is 2.13. The summed E-state index contributed by atoms with van der Waals surface area (Å²) >= 11 is 0. The minimum absolute atomic E-state index is 0.0396. The van der Waals surface area contributed by atoms with Crippen molar-refractivity contribution in [3.8, 4) is 0 Å². The Balaban J connectivity index is 2.44. The van der Waals surface area contributed by atoms with Gasteiger partial charge in [-0.25, -0.2) is 0 Å². The molecule has 1 heterocycles. The highest BCUT2D eigenvalue weighted by atomic mass is 15.2. The Morgan fingerprint density at radius 3 is 2.64 bits per heavy atom. The van der Waals surface area contributed by atoms with Gasteiger partial charge < -0.3 is 5.32 Å². The van der Waals surface area contributed by atoms with Gasteiger partial charge in [0.15, 0.2) is 5.82 Å². The van der Waals surface area contributed by atoms with E-state index in [1.165, 1.54) is 0 Å². The van der Waals surface area contributed by atoms with Crippen molar-refractivity contribution in [2.45, 2.75) is 26.3 Å². The molecule has 0 saturated carbocycles. The second-order valence-corrected chi connectivity index (χ2v) is 4.49. The number of aromatic amines is 1. The molecule has 0 radical (unpaired) electrons. The fourth-order valence-electron chi connectivity index (χ4n) is 1.41. The lowest BCUT2D eigenvalue weighted by atomic mass is 10.1. The predicted octanol–water partition coefficient (Wildman–Crippen LogP) is 2.77. The Labute approximate surface area is 83.5 Å². The SMILES string of the molecule is CC(C)(C)Nc1n[nH]c2ccccc12. The number of rotatable bonds is 1. The maximum absolute atomic E-state index is 4.24. The molecule has 3 nitrogen and oxygen atoms in total. The number of fused-ring (bicyclic) bond motifs is 1. The molecule has 74 valence electrons. The number of nitrogens with one attached hydrogen (secondary N) is 2. The van der Waals surface area contributed by atoms with Crippen LogP contribution in [-0.4, -0.2) is 15.7 Å². The van der Waals surface area contributed by atoms with Crippen LogP contribution in [0.15, 0.2) is 24.3 Å². The van der Waals surface area contributed by atoms with Crippen molar-refractivity contribution in [1.29, 1.82) is 0 Å². The standard InChI is InChI=1S/C11H15N3/c1-11(2,3)12-10-8-6-4-5-7-9(8)13-14-10/h4-7H,1-3H3,(H2,12,13,14). The molecule has 1 aromatic carbocycles. The van der Waals surface area contributed by atoms with E-state index in [-0.39, 0.29) is 5.54 Å². The minimum atomic E-state index is 0.0396. The quantitative estimate of drug-likeness (QED) is 0.724. The Bertz CT molecular complexity index is 437. The molecule has 0 aliphatic heterocycles. The van der Waals surface area contributed by atoms with Gasteiger partial charge in [0, 0.05) is 10.9 Å². The first-order chi connectivity index (χ1) is 6.56. The lowest BCUT2D eigenvalue weighted by Crippen LogP contribution is -2.26. The van der Waals surface area contributed by atoms with Crippen molar-refractivity contribution in [3.63, 3.8) is 0 Å². The van der Waals surface area contributed by atoms with Crippen molar-refractivity contribution < 1.29 is 0 Å². The summed E-state index contributed by atoms with van der Waals surface area (Å²) in [7, 11) is 0. The van der Waals surface area contributed by atoms with Gasteiger partial charge in [-0.05, 0) is 32.9 Å². The maximum atomic E-state index is 4.24. The number of nitrogens with zero attached hydrogens (tertiary/aromatic N) is 1. The lowest BCUT2D eigenvalue weighted by Gasteiger charge is -2.20. The Kier molecular flexibility index (Phi) is 1.95. The van der Waals surface area contributed by atoms with Gasteiger partial charge in [-0.3, -0.25) is 5.10 Å². The summed E-state index contributed by atoms with van der Waals surface area (Å²) in [6.07, 6.45) is 0. The molecule has 2 aromatic rings. The number of anilines is 1. The number of benzene rings is 1. The summed E-state index contributed by atoms with van der Waals surface area (Å²) in [5.74, 6) is 0.924. The van der Waals surface area contributed by atoms with Crippen LogP contribution in [0.4, 0.5) is 5.82 Å². The van der Waals surface area contributed by atoms with Crippen molar-refractivity contribution >= 4 is 16.7 Å². The first-order valence-electron chi connectivity index (χ1n) is 4.77. The zero-order chi connectivity index (χ0) is 10.2. The molecule has 14 heavy (non-hydrogen) atoms. The zero-order valence-electron chi connectivity index (χ0n) is 8.76. The maximum Gasteiger partial charge on any atom is 0.156 e. The summed E-state index contributed by atoms with van der Waals surface area (Å²) in [4.78, 5) is 0. The molecule has 1 aromatic heterocycles. The molecule has 0 unspecified atom stereocenters. The molecule has 2 N–H and O–H groups in total. The molecular formula is C11H15N3. The Hall–Kier alpha value is -1.51. The first kappa shape index (κ1) is 9.06. The molecule has 0 amide bonds. The predicted molar refractivity (Wildman–Crippen MR) is 59.5 cm³/mol. The molecule has 0 aliphatic rings. The van der Waals surface area contributed by atoms with Crippen molar-refractivity contribution in [1.82, 2.24) is 10.2 Å². The fraction of sp³-hybridized carbons (Fsp3) is 0.364. The van der Waals surface area contributed by atoms with Crippen LogP contribution in [0.1, 0.15) is 20.8 Å². The lowest BCUT2D eigenvalue weighted by molar-refractivity contribution is 0.631. The summed E-state index contributed by atoms with van der Waals surface area (Å²) in [6, 6.07) is 8.11. The molecular weight excluding hydrogens is 174 g/mol. The van der Waals surface area contributed by atoms with Gasteiger partial charge in [-0.15, -0.1) is 0 Å². The molecule has 2 rings (SSSR count). The number of hydrogen-bond acceptors (Lipinski definition) is 2. The summed E-state index contributed by atoms with van der Waals surface area (Å²) in [5, 5.41) is 11.7. The number of para-hydroxylation sites is 1. The van der Waals surface area contributed by atoms with E-state index in [0.717, 1.165) is 16.7 Å². The number of aromatic nitrogens is 2. The normalized spacial score (nSPS) is 11.9. The van der Waals surface area contributed by atoms with E-state index in [1.54, 1.807) is 0 Å². The Morgan fingerprint density at radius 2 is 1.93 bits per heavy atom. The van der Waals surface area contributed by atoms with E-state index in [0.29, 0.717) is 0 Å². The molecule has 0 aliphatic carbocycles. The minimum Gasteiger partial charge on any atom is -0.363 e. The molecule has 0 fully saturated rings. The average molecular weight is 189 g/mol. The van der Waals surface area contributed by atoms with Crippen LogP contribution < -0.4 is 5.32 Å². The Morgan fingerprint density at radius 1 is 1.21 bits per heavy atom. The van der Waals surface area contributed by atoms with E-state index in [1.807, 2.05) is 18.2 Å². The first-order valence-corrected chi connectivity index (χ1v) is 4.77. The summed E-state index contributed by atoms with van der Waals surface area (Å²) < 4.78 is 0. The second-order valence-electron chi connectivity index (χ2n) is 4.49. The van der Waals surface area contributed by atoms with E-state index in [4.69, 9.17) is 0 Å². The van der Waals surface area contributed by atoms with Crippen LogP contribution in [0.3, 0.4) is 0 Å². The molecule has 0 bridgehead atoms. The van der Waals surface area contributed by atoms with Crippen LogP contribution in [0.2, 0.25) is 0 Å². The molecule has 0 atom stereocenters. The van der Waals surface area contributed by atoms with Gasteiger partial charge in [0.2, 0.25) is 0 Å². The van der Waals surface area contributed by atoms with Crippen molar-refractivity contribution in [3.05, 3.63) is 24.3 Å². The van der Waals surface area contributed by atoms with E-state index < -0.39 is 0 Å². The van der Waals surface area contributed by atoms with Crippen LogP contribution in [0.5, 0.6) is 0 Å². The van der Waals surface area contributed by atoms with E-state index in [2.05, 4.69) is 42.4 Å².